The molecule has 2 N–H and O–H groups in total. The number of carboxylic acid groups (broad SMARTS) is 1. The predicted molar refractivity (Wildman–Crippen MR) is 79.7 cm³/mol. The van der Waals surface area contributed by atoms with E-state index in [-0.39, 0.29) is 23.7 Å². The Bertz CT molecular complexity index is 723. The molecule has 1 saturated heterocycles. The maximum atomic E-state index is 12.0. The van der Waals surface area contributed by atoms with Crippen molar-refractivity contribution in [3.63, 3.8) is 0 Å². The van der Waals surface area contributed by atoms with Crippen LogP contribution in [0.1, 0.15) is 26.7 Å². The molecule has 3 rings (SSSR count). The van der Waals surface area contributed by atoms with Crippen molar-refractivity contribution in [2.75, 3.05) is 31.2 Å². The summed E-state index contributed by atoms with van der Waals surface area (Å²) in [6, 6.07) is 3.05. The number of amides is 1. The Morgan fingerprint density at radius 1 is 1.25 bits per heavy atom. The maximum absolute atomic E-state index is 12.0. The number of rotatable bonds is 5. The Labute approximate surface area is 136 Å². The van der Waals surface area contributed by atoms with Gasteiger partial charge in [0.1, 0.15) is 5.69 Å². The molecule has 2 aromatic heterocycles. The summed E-state index contributed by atoms with van der Waals surface area (Å²) in [7, 11) is 0. The van der Waals surface area contributed by atoms with Crippen LogP contribution in [0.4, 0.5) is 6.01 Å². The smallest absolute Gasteiger partial charge is 0.337 e. The van der Waals surface area contributed by atoms with Gasteiger partial charge in [-0.1, -0.05) is 5.10 Å². The van der Waals surface area contributed by atoms with E-state index in [0.29, 0.717) is 32.3 Å². The van der Waals surface area contributed by atoms with Crippen molar-refractivity contribution in [3.05, 3.63) is 35.5 Å². The van der Waals surface area contributed by atoms with Gasteiger partial charge in [0.05, 0.1) is 25.3 Å². The standard InChI is InChI=1S/C14H15N5O5/c20-12(10-2-1-9(7-15-10)13(21)22)16-8-11-17-18-14(24-11)19-3-5-23-6-4-19/h1-2,7H,3-6,8H2,(H,16,20)(H,21,22). The van der Waals surface area contributed by atoms with Crippen molar-refractivity contribution in [3.8, 4) is 0 Å². The van der Waals surface area contributed by atoms with E-state index in [0.717, 1.165) is 6.20 Å². The Hall–Kier alpha value is -3.01. The lowest BCUT2D eigenvalue weighted by Crippen LogP contribution is -2.36. The number of hydrogen-bond acceptors (Lipinski definition) is 8. The number of nitrogens with zero attached hydrogens (tertiary/aromatic N) is 4. The molecular weight excluding hydrogens is 318 g/mol. The number of aromatic nitrogens is 3. The number of aromatic carboxylic acids is 1. The van der Waals surface area contributed by atoms with Crippen LogP contribution in [-0.4, -0.2) is 58.5 Å². The van der Waals surface area contributed by atoms with E-state index in [1.165, 1.54) is 12.1 Å². The lowest BCUT2D eigenvalue weighted by Gasteiger charge is -2.24. The van der Waals surface area contributed by atoms with Crippen LogP contribution in [0.5, 0.6) is 0 Å². The molecule has 0 aromatic carbocycles. The summed E-state index contributed by atoms with van der Waals surface area (Å²) >= 11 is 0. The Morgan fingerprint density at radius 2 is 2.04 bits per heavy atom. The molecule has 0 unspecified atom stereocenters. The Morgan fingerprint density at radius 3 is 2.71 bits per heavy atom. The monoisotopic (exact) mass is 333 g/mol. The number of nitrogens with one attached hydrogen (secondary N) is 1. The van der Waals surface area contributed by atoms with Crippen molar-refractivity contribution < 1.29 is 23.8 Å². The van der Waals surface area contributed by atoms with Gasteiger partial charge in [0, 0.05) is 19.3 Å². The summed E-state index contributed by atoms with van der Waals surface area (Å²) in [5.41, 5.74) is 0.117. The third-order valence-electron chi connectivity index (χ3n) is 3.38. The molecule has 1 aliphatic heterocycles. The molecule has 3 heterocycles. The molecule has 0 radical (unpaired) electrons. The van der Waals surface area contributed by atoms with Crippen LogP contribution in [-0.2, 0) is 11.3 Å². The second-order valence-electron chi connectivity index (χ2n) is 5.00. The van der Waals surface area contributed by atoms with E-state index in [2.05, 4.69) is 20.5 Å². The summed E-state index contributed by atoms with van der Waals surface area (Å²) in [4.78, 5) is 28.4. The molecule has 126 valence electrons. The number of carbonyl (C=O) groups excluding carboxylic acids is 1. The summed E-state index contributed by atoms with van der Waals surface area (Å²) in [6.45, 7) is 2.61. The zero-order chi connectivity index (χ0) is 16.9. The Balaban J connectivity index is 1.56. The molecule has 0 atom stereocenters. The lowest BCUT2D eigenvalue weighted by molar-refractivity contribution is 0.0695. The van der Waals surface area contributed by atoms with Gasteiger partial charge in [-0.25, -0.2) is 4.79 Å². The molecule has 0 saturated carbocycles. The largest absolute Gasteiger partial charge is 0.478 e. The summed E-state index contributed by atoms with van der Waals surface area (Å²) in [5, 5.41) is 19.2. The molecule has 2 aromatic rings. The van der Waals surface area contributed by atoms with Gasteiger partial charge in [-0.05, 0) is 12.1 Å². The summed E-state index contributed by atoms with van der Waals surface area (Å²) < 4.78 is 10.7. The average Bonchev–Trinajstić information content (AvgIpc) is 3.09. The number of ether oxygens (including phenoxy) is 1. The summed E-state index contributed by atoms with van der Waals surface area (Å²) in [5.74, 6) is -1.29. The molecule has 1 fully saturated rings. The minimum Gasteiger partial charge on any atom is -0.478 e. The SMILES string of the molecule is O=C(O)c1ccc(C(=O)NCc2nnc(N3CCOCC3)o2)nc1. The van der Waals surface area contributed by atoms with E-state index in [1.54, 1.807) is 0 Å². The Kier molecular flexibility index (Phi) is 4.66. The van der Waals surface area contributed by atoms with Crippen molar-refractivity contribution in [2.24, 2.45) is 0 Å². The number of anilines is 1. The van der Waals surface area contributed by atoms with Gasteiger partial charge in [0.25, 0.3) is 5.91 Å². The first kappa shape index (κ1) is 15.9. The highest BCUT2D eigenvalue weighted by Gasteiger charge is 2.18. The highest BCUT2D eigenvalue weighted by molar-refractivity contribution is 5.93. The highest BCUT2D eigenvalue weighted by atomic mass is 16.5. The van der Waals surface area contributed by atoms with Gasteiger partial charge >= 0.3 is 12.0 Å². The van der Waals surface area contributed by atoms with E-state index in [9.17, 15) is 9.59 Å². The van der Waals surface area contributed by atoms with Crippen molar-refractivity contribution >= 4 is 17.9 Å². The number of carbonyl (C=O) groups is 2. The molecule has 10 nitrogen and oxygen atoms in total. The minimum absolute atomic E-state index is 0.0126. The van der Waals surface area contributed by atoms with Gasteiger partial charge in [0.15, 0.2) is 0 Å². The van der Waals surface area contributed by atoms with E-state index < -0.39 is 11.9 Å². The molecule has 1 aliphatic rings. The first-order chi connectivity index (χ1) is 11.6. The van der Waals surface area contributed by atoms with E-state index in [1.807, 2.05) is 4.90 Å². The van der Waals surface area contributed by atoms with Crippen LogP contribution in [0, 0.1) is 0 Å². The number of pyridine rings is 1. The van der Waals surface area contributed by atoms with Crippen LogP contribution in [0.25, 0.3) is 0 Å². The first-order valence-electron chi connectivity index (χ1n) is 7.26. The fourth-order valence-electron chi connectivity index (χ4n) is 2.10. The van der Waals surface area contributed by atoms with Gasteiger partial charge in [0.2, 0.25) is 5.89 Å². The maximum Gasteiger partial charge on any atom is 0.337 e. The van der Waals surface area contributed by atoms with Crippen molar-refractivity contribution in [2.45, 2.75) is 6.54 Å². The second kappa shape index (κ2) is 7.04. The van der Waals surface area contributed by atoms with Gasteiger partial charge < -0.3 is 24.5 Å². The van der Waals surface area contributed by atoms with Crippen LogP contribution in [0.15, 0.2) is 22.7 Å². The second-order valence-corrected chi connectivity index (χ2v) is 5.00. The third-order valence-corrected chi connectivity index (χ3v) is 3.38. The van der Waals surface area contributed by atoms with Gasteiger partial charge in [-0.3, -0.25) is 9.78 Å². The first-order valence-corrected chi connectivity index (χ1v) is 7.26. The van der Waals surface area contributed by atoms with Crippen molar-refractivity contribution in [1.29, 1.82) is 0 Å². The molecule has 0 spiro atoms. The molecule has 0 bridgehead atoms. The average molecular weight is 333 g/mol. The van der Waals surface area contributed by atoms with Gasteiger partial charge in [-0.15, -0.1) is 5.10 Å². The molecule has 0 aliphatic carbocycles. The van der Waals surface area contributed by atoms with Gasteiger partial charge in [-0.2, -0.15) is 0 Å². The molecule has 10 heteroatoms. The van der Waals surface area contributed by atoms with Crippen LogP contribution in [0.2, 0.25) is 0 Å². The van der Waals surface area contributed by atoms with Crippen LogP contribution >= 0.6 is 0 Å². The van der Waals surface area contributed by atoms with Crippen LogP contribution in [0.3, 0.4) is 0 Å². The predicted octanol–water partition coefficient (Wildman–Crippen LogP) is -0.0706. The fourth-order valence-corrected chi connectivity index (χ4v) is 2.10. The number of morpholine rings is 1. The van der Waals surface area contributed by atoms with E-state index in [4.69, 9.17) is 14.3 Å². The van der Waals surface area contributed by atoms with E-state index >= 15 is 0 Å². The number of hydrogen-bond donors (Lipinski definition) is 2. The fraction of sp³-hybridized carbons (Fsp3) is 0.357. The zero-order valence-electron chi connectivity index (χ0n) is 12.6. The zero-order valence-corrected chi connectivity index (χ0v) is 12.6. The molecule has 24 heavy (non-hydrogen) atoms. The topological polar surface area (TPSA) is 131 Å². The molecule has 1 amide bonds. The molecular formula is C14H15N5O5. The quantitative estimate of drug-likeness (QED) is 0.771. The highest BCUT2D eigenvalue weighted by Crippen LogP contribution is 2.13. The normalized spacial score (nSPS) is 14.4. The minimum atomic E-state index is -1.10. The lowest BCUT2D eigenvalue weighted by atomic mass is 10.2. The van der Waals surface area contributed by atoms with Crippen molar-refractivity contribution in [1.82, 2.24) is 20.5 Å². The summed E-state index contributed by atoms with van der Waals surface area (Å²) in [6.07, 6.45) is 1.13. The number of carboxylic acids is 1. The third kappa shape index (κ3) is 3.66. The van der Waals surface area contributed by atoms with Crippen LogP contribution < -0.4 is 10.2 Å².